The van der Waals surface area contributed by atoms with E-state index in [0.717, 1.165) is 28.0 Å². The largest absolute Gasteiger partial charge is 0.452 e. The Hall–Kier alpha value is -1.41. The number of nitrogens with zero attached hydrogens (tertiary/aromatic N) is 1. The maximum absolute atomic E-state index is 12.0. The molecule has 0 bridgehead atoms. The Morgan fingerprint density at radius 2 is 1.77 bits per heavy atom. The molecule has 1 amide bonds. The number of hydrogen-bond acceptors (Lipinski definition) is 7. The molecular formula is C18H28N2O4S2. The van der Waals surface area contributed by atoms with Gasteiger partial charge in [-0.1, -0.05) is 0 Å². The van der Waals surface area contributed by atoms with Crippen LogP contribution in [0.5, 0.6) is 0 Å². The number of rotatable bonds is 6. The minimum atomic E-state index is -0.515. The molecule has 1 N–H and O–H groups in total. The second-order valence-electron chi connectivity index (χ2n) is 7.53. The van der Waals surface area contributed by atoms with Crippen LogP contribution in [0.2, 0.25) is 0 Å². The number of thioether (sulfide) groups is 2. The van der Waals surface area contributed by atoms with Crippen molar-refractivity contribution in [2.75, 3.05) is 12.3 Å². The zero-order valence-electron chi connectivity index (χ0n) is 16.3. The second kappa shape index (κ2) is 10.1. The van der Waals surface area contributed by atoms with Crippen LogP contribution < -0.4 is 5.32 Å². The van der Waals surface area contributed by atoms with Gasteiger partial charge in [-0.05, 0) is 64.9 Å². The maximum Gasteiger partial charge on any atom is 0.407 e. The summed E-state index contributed by atoms with van der Waals surface area (Å²) in [4.78, 5) is 28.5. The molecular weight excluding hydrogens is 372 g/mol. The lowest BCUT2D eigenvalue weighted by Crippen LogP contribution is -2.33. The van der Waals surface area contributed by atoms with E-state index >= 15 is 0 Å². The number of hydrogen-bond donors (Lipinski definition) is 1. The summed E-state index contributed by atoms with van der Waals surface area (Å²) >= 11 is 2.71. The van der Waals surface area contributed by atoms with Gasteiger partial charge in [-0.3, -0.25) is 4.98 Å². The Labute approximate surface area is 164 Å². The van der Waals surface area contributed by atoms with Crippen molar-refractivity contribution >= 4 is 34.9 Å². The van der Waals surface area contributed by atoms with Crippen molar-refractivity contribution in [1.82, 2.24) is 10.3 Å². The van der Waals surface area contributed by atoms with E-state index in [2.05, 4.69) is 10.3 Å². The third-order valence-corrected chi connectivity index (χ3v) is 4.49. The number of amides is 1. The van der Waals surface area contributed by atoms with Gasteiger partial charge in [-0.25, -0.2) is 9.59 Å². The van der Waals surface area contributed by atoms with Crippen LogP contribution in [-0.2, 0) is 15.2 Å². The van der Waals surface area contributed by atoms with Crippen LogP contribution in [0.15, 0.2) is 23.4 Å². The average molecular weight is 401 g/mol. The molecule has 1 rings (SSSR count). The highest BCUT2D eigenvalue weighted by molar-refractivity contribution is 8.13. The zero-order chi connectivity index (χ0) is 19.8. The standard InChI is InChI=1S/C18H28N2O4S2/c1-17(2,3)23-15(21)20-9-10-25-12-13-11-19-8-7-14(13)26-16(22)24-18(4,5)6/h7-8,11H,9-10,12H2,1-6H3,(H,20,21). The molecule has 0 aromatic carbocycles. The third kappa shape index (κ3) is 10.6. The molecule has 0 aliphatic heterocycles. The van der Waals surface area contributed by atoms with E-state index in [-0.39, 0.29) is 5.30 Å². The lowest BCUT2D eigenvalue weighted by molar-refractivity contribution is 0.0531. The molecule has 6 nitrogen and oxygen atoms in total. The molecule has 0 spiro atoms. The van der Waals surface area contributed by atoms with E-state index in [4.69, 9.17) is 9.47 Å². The van der Waals surface area contributed by atoms with Crippen LogP contribution in [0.3, 0.4) is 0 Å². The van der Waals surface area contributed by atoms with E-state index in [1.165, 1.54) is 0 Å². The number of nitrogens with one attached hydrogen (secondary N) is 1. The topological polar surface area (TPSA) is 77.5 Å². The van der Waals surface area contributed by atoms with Gasteiger partial charge < -0.3 is 14.8 Å². The van der Waals surface area contributed by atoms with Gasteiger partial charge in [0.1, 0.15) is 11.2 Å². The SMILES string of the molecule is CC(C)(C)OC(=O)NCCSCc1cnccc1SC(=O)OC(C)(C)C. The Balaban J connectivity index is 2.42. The molecule has 0 aliphatic carbocycles. The predicted molar refractivity (Wildman–Crippen MR) is 107 cm³/mol. The fraction of sp³-hybridized carbons (Fsp3) is 0.611. The van der Waals surface area contributed by atoms with Crippen LogP contribution in [0.1, 0.15) is 47.1 Å². The molecule has 0 fully saturated rings. The molecule has 1 heterocycles. The number of pyridine rings is 1. The number of carbonyl (C=O) groups is 2. The van der Waals surface area contributed by atoms with E-state index in [0.29, 0.717) is 12.3 Å². The van der Waals surface area contributed by atoms with Gasteiger partial charge in [0.05, 0.1) is 0 Å². The van der Waals surface area contributed by atoms with Crippen LogP contribution >= 0.6 is 23.5 Å². The third-order valence-electron chi connectivity index (χ3n) is 2.61. The zero-order valence-corrected chi connectivity index (χ0v) is 17.9. The van der Waals surface area contributed by atoms with Crippen molar-refractivity contribution in [1.29, 1.82) is 0 Å². The maximum atomic E-state index is 12.0. The lowest BCUT2D eigenvalue weighted by atomic mass is 10.2. The molecule has 0 aliphatic rings. The minimum absolute atomic E-state index is 0.332. The molecule has 26 heavy (non-hydrogen) atoms. The van der Waals surface area contributed by atoms with Gasteiger partial charge in [-0.15, -0.1) is 0 Å². The van der Waals surface area contributed by atoms with Crippen molar-refractivity contribution in [3.63, 3.8) is 0 Å². The smallest absolute Gasteiger partial charge is 0.407 e. The number of carbonyl (C=O) groups excluding carboxylic acids is 2. The minimum Gasteiger partial charge on any atom is -0.452 e. The summed E-state index contributed by atoms with van der Waals surface area (Å²) < 4.78 is 10.5. The molecule has 0 saturated carbocycles. The first-order chi connectivity index (χ1) is 12.0. The lowest BCUT2D eigenvalue weighted by Gasteiger charge is -2.19. The molecule has 1 aromatic heterocycles. The normalized spacial score (nSPS) is 11.8. The Bertz CT molecular complexity index is 610. The van der Waals surface area contributed by atoms with Crippen molar-refractivity contribution in [2.24, 2.45) is 0 Å². The van der Waals surface area contributed by atoms with Crippen molar-refractivity contribution in [3.8, 4) is 0 Å². The van der Waals surface area contributed by atoms with Crippen LogP contribution in [0.4, 0.5) is 9.59 Å². The molecule has 146 valence electrons. The van der Waals surface area contributed by atoms with Gasteiger partial charge in [0.15, 0.2) is 0 Å². The number of ether oxygens (including phenoxy) is 2. The first-order valence-electron chi connectivity index (χ1n) is 8.34. The molecule has 0 radical (unpaired) electrons. The Kier molecular flexibility index (Phi) is 8.76. The molecule has 0 atom stereocenters. The van der Waals surface area contributed by atoms with Crippen LogP contribution in [0.25, 0.3) is 0 Å². The summed E-state index contributed by atoms with van der Waals surface area (Å²) in [5, 5.41) is 2.39. The summed E-state index contributed by atoms with van der Waals surface area (Å²) in [6.45, 7) is 11.5. The highest BCUT2D eigenvalue weighted by Gasteiger charge is 2.19. The van der Waals surface area contributed by atoms with Gasteiger partial charge >= 0.3 is 11.4 Å². The van der Waals surface area contributed by atoms with Gasteiger partial charge in [-0.2, -0.15) is 11.8 Å². The molecule has 8 heteroatoms. The van der Waals surface area contributed by atoms with E-state index in [1.807, 2.05) is 47.6 Å². The van der Waals surface area contributed by atoms with Gasteiger partial charge in [0.25, 0.3) is 0 Å². The highest BCUT2D eigenvalue weighted by Crippen LogP contribution is 2.28. The van der Waals surface area contributed by atoms with E-state index in [1.54, 1.807) is 24.2 Å². The summed E-state index contributed by atoms with van der Waals surface area (Å²) in [5.41, 5.74) is -0.0503. The summed E-state index contributed by atoms with van der Waals surface area (Å²) in [7, 11) is 0. The summed E-state index contributed by atoms with van der Waals surface area (Å²) in [6.07, 6.45) is 2.99. The van der Waals surface area contributed by atoms with Crippen molar-refractivity contribution < 1.29 is 19.1 Å². The Morgan fingerprint density at radius 3 is 2.38 bits per heavy atom. The predicted octanol–water partition coefficient (Wildman–Crippen LogP) is 4.87. The average Bonchev–Trinajstić information content (AvgIpc) is 2.44. The number of alkyl carbamates (subject to hydrolysis) is 1. The van der Waals surface area contributed by atoms with Crippen LogP contribution in [0, 0.1) is 0 Å². The van der Waals surface area contributed by atoms with E-state index < -0.39 is 17.3 Å². The highest BCUT2D eigenvalue weighted by atomic mass is 32.2. The fourth-order valence-electron chi connectivity index (χ4n) is 1.70. The molecule has 0 unspecified atom stereocenters. The Morgan fingerprint density at radius 1 is 1.12 bits per heavy atom. The van der Waals surface area contributed by atoms with Crippen LogP contribution in [-0.4, -0.2) is 39.9 Å². The van der Waals surface area contributed by atoms with Crippen molar-refractivity contribution in [2.45, 2.75) is 63.4 Å². The van der Waals surface area contributed by atoms with Gasteiger partial charge in [0, 0.05) is 35.3 Å². The number of aromatic nitrogens is 1. The fourth-order valence-corrected chi connectivity index (χ4v) is 3.49. The molecule has 1 aromatic rings. The first-order valence-corrected chi connectivity index (χ1v) is 10.3. The van der Waals surface area contributed by atoms with Crippen molar-refractivity contribution in [3.05, 3.63) is 24.0 Å². The summed E-state index contributed by atoms with van der Waals surface area (Å²) in [6, 6.07) is 1.81. The quantitative estimate of drug-likeness (QED) is 0.415. The second-order valence-corrected chi connectivity index (χ2v) is 9.61. The molecule has 0 saturated heterocycles. The first kappa shape index (κ1) is 22.6. The summed E-state index contributed by atoms with van der Waals surface area (Å²) in [5.74, 6) is 1.42. The van der Waals surface area contributed by atoms with E-state index in [9.17, 15) is 9.59 Å². The van der Waals surface area contributed by atoms with Gasteiger partial charge in [0.2, 0.25) is 0 Å². The monoisotopic (exact) mass is 400 g/mol.